The lowest BCUT2D eigenvalue weighted by atomic mass is 10.2. The Labute approximate surface area is 324 Å². The molecule has 0 aliphatic carbocycles. The molecule has 2 fully saturated rings. The van der Waals surface area contributed by atoms with Crippen molar-refractivity contribution in [3.63, 3.8) is 0 Å². The molecule has 0 radical (unpaired) electrons. The Morgan fingerprint density at radius 3 is 2.05 bits per heavy atom. The molecule has 2 heterocycles. The molecule has 19 nitrogen and oxygen atoms in total. The summed E-state index contributed by atoms with van der Waals surface area (Å²) in [5.41, 5.74) is 7.65. The predicted molar refractivity (Wildman–Crippen MR) is 203 cm³/mol. The number of nitro groups is 2. The number of thioether (sulfide) groups is 1. The number of methoxy groups -OCH3 is 1. The molecular formula is C36H40N8O11S. The molecule has 2 aliphatic heterocycles. The van der Waals surface area contributed by atoms with E-state index in [-0.39, 0.29) is 54.8 Å². The molecule has 0 aromatic heterocycles. The fourth-order valence-corrected chi connectivity index (χ4v) is 7.20. The van der Waals surface area contributed by atoms with E-state index in [4.69, 9.17) is 19.9 Å². The van der Waals surface area contributed by atoms with Gasteiger partial charge < -0.3 is 30.2 Å². The first kappa shape index (κ1) is 40.7. The summed E-state index contributed by atoms with van der Waals surface area (Å²) >= 11 is 1.62. The molecule has 2 aliphatic rings. The van der Waals surface area contributed by atoms with Crippen LogP contribution >= 0.6 is 11.8 Å². The van der Waals surface area contributed by atoms with E-state index in [0.717, 1.165) is 11.3 Å². The maximum absolute atomic E-state index is 13.9. The third kappa shape index (κ3) is 11.5. The van der Waals surface area contributed by atoms with Gasteiger partial charge in [-0.05, 0) is 65.9 Å². The number of aliphatic imine (C=N–C) groups is 1. The SMILES string of the molecule is COc1ccc(CS[C@H]2C[C@@H](C(=O)N3CC[C@H](NC(=O)CN=C(N)NC(=O)OCc4ccc([N+](=O)[O-])cc4)C3)N(C(=O)OCc3ccc([N+](=O)[O-])cc3)C2)cc1. The average Bonchev–Trinajstić information content (AvgIpc) is 3.85. The van der Waals surface area contributed by atoms with Gasteiger partial charge in [-0.2, -0.15) is 11.8 Å². The second-order valence-electron chi connectivity index (χ2n) is 12.8. The number of hydrogen-bond donors (Lipinski definition) is 3. The zero-order chi connectivity index (χ0) is 40.2. The summed E-state index contributed by atoms with van der Waals surface area (Å²) in [5, 5.41) is 26.7. The van der Waals surface area contributed by atoms with Crippen LogP contribution in [0.4, 0.5) is 21.0 Å². The monoisotopic (exact) mass is 792 g/mol. The Balaban J connectivity index is 1.12. The number of benzene rings is 3. The van der Waals surface area contributed by atoms with E-state index in [1.807, 2.05) is 24.3 Å². The van der Waals surface area contributed by atoms with Gasteiger partial charge in [0.1, 0.15) is 31.5 Å². The van der Waals surface area contributed by atoms with Crippen LogP contribution in [0.5, 0.6) is 5.75 Å². The number of nitrogens with two attached hydrogens (primary N) is 1. The first-order valence-corrected chi connectivity index (χ1v) is 18.4. The second-order valence-corrected chi connectivity index (χ2v) is 14.1. The topological polar surface area (TPSA) is 251 Å². The van der Waals surface area contributed by atoms with Crippen LogP contribution in [0.2, 0.25) is 0 Å². The van der Waals surface area contributed by atoms with Crippen LogP contribution in [-0.2, 0) is 38.0 Å². The summed E-state index contributed by atoms with van der Waals surface area (Å²) in [7, 11) is 1.59. The lowest BCUT2D eigenvalue weighted by molar-refractivity contribution is -0.385. The Morgan fingerprint density at radius 1 is 0.875 bits per heavy atom. The number of nitro benzene ring substituents is 2. The zero-order valence-electron chi connectivity index (χ0n) is 30.2. The summed E-state index contributed by atoms with van der Waals surface area (Å²) in [6, 6.07) is 17.5. The highest BCUT2D eigenvalue weighted by atomic mass is 32.2. The van der Waals surface area contributed by atoms with Crippen LogP contribution in [0, 0.1) is 20.2 Å². The zero-order valence-corrected chi connectivity index (χ0v) is 31.1. The van der Waals surface area contributed by atoms with Gasteiger partial charge in [0.25, 0.3) is 11.4 Å². The van der Waals surface area contributed by atoms with E-state index >= 15 is 0 Å². The number of carbonyl (C=O) groups excluding carboxylic acids is 4. The summed E-state index contributed by atoms with van der Waals surface area (Å²) in [4.78, 5) is 79.7. The number of hydrogen-bond acceptors (Lipinski definition) is 13. The second kappa shape index (κ2) is 19.2. The van der Waals surface area contributed by atoms with Gasteiger partial charge in [-0.1, -0.05) is 12.1 Å². The minimum absolute atomic E-state index is 0.0763. The summed E-state index contributed by atoms with van der Waals surface area (Å²) in [5.74, 6) is 0.239. The number of alkyl carbamates (subject to hydrolysis) is 1. The first-order valence-electron chi connectivity index (χ1n) is 17.3. The summed E-state index contributed by atoms with van der Waals surface area (Å²) in [6.07, 6.45) is -0.779. The molecule has 0 saturated carbocycles. The number of nitrogens with one attached hydrogen (secondary N) is 2. The highest BCUT2D eigenvalue weighted by Gasteiger charge is 2.43. The number of likely N-dealkylation sites (tertiary alicyclic amines) is 2. The van der Waals surface area contributed by atoms with Crippen molar-refractivity contribution in [2.45, 2.75) is 49.1 Å². The van der Waals surface area contributed by atoms with E-state index in [1.165, 1.54) is 53.4 Å². The Kier molecular flexibility index (Phi) is 14.0. The largest absolute Gasteiger partial charge is 0.497 e. The third-order valence-electron chi connectivity index (χ3n) is 8.94. The predicted octanol–water partition coefficient (Wildman–Crippen LogP) is 3.48. The number of ether oxygens (including phenoxy) is 3. The molecule has 0 spiro atoms. The molecule has 56 heavy (non-hydrogen) atoms. The molecule has 0 unspecified atom stereocenters. The Morgan fingerprint density at radius 2 is 1.46 bits per heavy atom. The normalized spacial score (nSPS) is 17.9. The van der Waals surface area contributed by atoms with Gasteiger partial charge in [-0.15, -0.1) is 0 Å². The lowest BCUT2D eigenvalue weighted by Gasteiger charge is -2.27. The van der Waals surface area contributed by atoms with Crippen LogP contribution < -0.4 is 21.1 Å². The van der Waals surface area contributed by atoms with Crippen LogP contribution in [0.25, 0.3) is 0 Å². The van der Waals surface area contributed by atoms with Gasteiger partial charge in [0, 0.05) is 60.9 Å². The van der Waals surface area contributed by atoms with Gasteiger partial charge in [0.05, 0.1) is 17.0 Å². The molecule has 296 valence electrons. The van der Waals surface area contributed by atoms with Crippen LogP contribution in [0.1, 0.15) is 29.5 Å². The fraction of sp³-hybridized carbons (Fsp3) is 0.361. The number of amides is 4. The molecule has 3 atom stereocenters. The van der Waals surface area contributed by atoms with Crippen molar-refractivity contribution >= 4 is 53.1 Å². The average molecular weight is 793 g/mol. The van der Waals surface area contributed by atoms with Crippen LogP contribution in [0.3, 0.4) is 0 Å². The van der Waals surface area contributed by atoms with E-state index in [1.54, 1.807) is 23.8 Å². The molecule has 20 heteroatoms. The highest BCUT2D eigenvalue weighted by Crippen LogP contribution is 2.32. The minimum Gasteiger partial charge on any atom is -0.497 e. The van der Waals surface area contributed by atoms with Crippen molar-refractivity contribution in [2.75, 3.05) is 33.3 Å². The van der Waals surface area contributed by atoms with Crippen molar-refractivity contribution in [1.29, 1.82) is 0 Å². The molecule has 0 bridgehead atoms. The standard InChI is InChI=1S/C36H40N8O11S/c1-53-29-12-6-25(7-13-29)22-56-30-16-31(42(19-30)36(48)55-21-24-4-10-28(11-5-24)44(51)52)33(46)41-15-14-26(18-41)39-32(45)17-38-34(37)40-35(47)54-20-23-2-8-27(9-3-23)43(49)50/h2-13,26,30-31H,14-22H2,1H3,(H,39,45)(H3,37,38,40,47)/t26-,30-,31-/m0/s1. The van der Waals surface area contributed by atoms with E-state index < -0.39 is 46.6 Å². The minimum atomic E-state index is -0.937. The van der Waals surface area contributed by atoms with Crippen LogP contribution in [-0.4, -0.2) is 100 Å². The molecular weight excluding hydrogens is 753 g/mol. The first-order chi connectivity index (χ1) is 26.9. The maximum atomic E-state index is 13.9. The van der Waals surface area contributed by atoms with Gasteiger partial charge >= 0.3 is 12.2 Å². The molecule has 2 saturated heterocycles. The van der Waals surface area contributed by atoms with Crippen molar-refractivity contribution in [3.05, 3.63) is 110 Å². The van der Waals surface area contributed by atoms with Crippen LogP contribution in [0.15, 0.2) is 77.8 Å². The molecule has 3 aromatic carbocycles. The number of rotatable bonds is 14. The molecule has 4 N–H and O–H groups in total. The van der Waals surface area contributed by atoms with Gasteiger partial charge in [-0.3, -0.25) is 40.0 Å². The molecule has 5 rings (SSSR count). The van der Waals surface area contributed by atoms with Crippen molar-refractivity contribution < 1.29 is 43.2 Å². The number of carbonyl (C=O) groups is 4. The lowest BCUT2D eigenvalue weighted by Crippen LogP contribution is -2.48. The molecule has 4 amide bonds. The fourth-order valence-electron chi connectivity index (χ4n) is 5.99. The third-order valence-corrected chi connectivity index (χ3v) is 10.3. The Hall–Kier alpha value is -6.44. The van der Waals surface area contributed by atoms with Crippen molar-refractivity contribution in [2.24, 2.45) is 10.7 Å². The number of nitrogens with zero attached hydrogens (tertiary/aromatic N) is 5. The summed E-state index contributed by atoms with van der Waals surface area (Å²) < 4.78 is 15.8. The van der Waals surface area contributed by atoms with E-state index in [9.17, 15) is 39.4 Å². The Bertz CT molecular complexity index is 1930. The van der Waals surface area contributed by atoms with Crippen molar-refractivity contribution in [3.8, 4) is 5.75 Å². The van der Waals surface area contributed by atoms with E-state index in [2.05, 4.69) is 15.6 Å². The maximum Gasteiger partial charge on any atom is 0.414 e. The number of non-ortho nitro benzene ring substituents is 2. The smallest absolute Gasteiger partial charge is 0.414 e. The number of guanidine groups is 1. The van der Waals surface area contributed by atoms with Crippen molar-refractivity contribution in [1.82, 2.24) is 20.4 Å². The van der Waals surface area contributed by atoms with Gasteiger partial charge in [0.2, 0.25) is 11.8 Å². The van der Waals surface area contributed by atoms with Gasteiger partial charge in [0.15, 0.2) is 5.96 Å². The highest BCUT2D eigenvalue weighted by molar-refractivity contribution is 7.99. The molecule has 3 aromatic rings. The van der Waals surface area contributed by atoms with Gasteiger partial charge in [-0.25, -0.2) is 14.6 Å². The quantitative estimate of drug-likeness (QED) is 0.0916. The summed E-state index contributed by atoms with van der Waals surface area (Å²) in [6.45, 7) is 0.0681. The van der Waals surface area contributed by atoms with E-state index in [0.29, 0.717) is 36.3 Å².